The second-order valence-corrected chi connectivity index (χ2v) is 10.4. The van der Waals surface area contributed by atoms with Gasteiger partial charge in [0.05, 0.1) is 0 Å². The van der Waals surface area contributed by atoms with Crippen LogP contribution in [0.2, 0.25) is 0 Å². The molecule has 39 heavy (non-hydrogen) atoms. The zero-order valence-electron chi connectivity index (χ0n) is 22.7. The van der Waals surface area contributed by atoms with E-state index >= 15 is 0 Å². The SMILES string of the molecule is CCc1ccc(NC(=O)c2cccc(CN3CCCN(CC4CCCCC4)CC3)c2)cc1.O=C(O)C(F)(F)F. The fourth-order valence-corrected chi connectivity index (χ4v) is 5.20. The molecule has 4 rings (SSSR count). The lowest BCUT2D eigenvalue weighted by Crippen LogP contribution is -2.34. The number of halogens is 3. The maximum absolute atomic E-state index is 12.8. The van der Waals surface area contributed by atoms with E-state index in [1.807, 2.05) is 24.3 Å². The number of anilines is 1. The number of benzene rings is 2. The van der Waals surface area contributed by atoms with Crippen LogP contribution in [0, 0.1) is 5.92 Å². The highest BCUT2D eigenvalue weighted by Crippen LogP contribution is 2.25. The van der Waals surface area contributed by atoms with Crippen LogP contribution in [0.25, 0.3) is 0 Å². The number of aryl methyl sites for hydroxylation is 1. The molecule has 0 bridgehead atoms. The van der Waals surface area contributed by atoms with Gasteiger partial charge in [0, 0.05) is 37.4 Å². The van der Waals surface area contributed by atoms with E-state index in [4.69, 9.17) is 9.90 Å². The van der Waals surface area contributed by atoms with Crippen LogP contribution in [-0.4, -0.2) is 65.7 Å². The Bertz CT molecular complexity index is 1050. The average molecular weight is 548 g/mol. The molecule has 2 aromatic rings. The van der Waals surface area contributed by atoms with Gasteiger partial charge in [0.1, 0.15) is 0 Å². The second-order valence-electron chi connectivity index (χ2n) is 10.4. The summed E-state index contributed by atoms with van der Waals surface area (Å²) >= 11 is 0. The Labute approximate surface area is 229 Å². The van der Waals surface area contributed by atoms with Crippen molar-refractivity contribution in [1.82, 2.24) is 9.80 Å². The summed E-state index contributed by atoms with van der Waals surface area (Å²) in [5, 5.41) is 10.2. The number of hydrogen-bond donors (Lipinski definition) is 2. The fourth-order valence-electron chi connectivity index (χ4n) is 5.20. The number of carbonyl (C=O) groups excluding carboxylic acids is 1. The zero-order chi connectivity index (χ0) is 28.3. The lowest BCUT2D eigenvalue weighted by Gasteiger charge is -2.29. The summed E-state index contributed by atoms with van der Waals surface area (Å²) in [6.07, 6.45) is 4.31. The Morgan fingerprint density at radius 2 is 1.54 bits per heavy atom. The van der Waals surface area contributed by atoms with Crippen LogP contribution >= 0.6 is 0 Å². The molecule has 1 aliphatic carbocycles. The van der Waals surface area contributed by atoms with Crippen molar-refractivity contribution in [3.63, 3.8) is 0 Å². The summed E-state index contributed by atoms with van der Waals surface area (Å²) in [6.45, 7) is 9.01. The van der Waals surface area contributed by atoms with Gasteiger partial charge in [0.25, 0.3) is 5.91 Å². The van der Waals surface area contributed by atoms with Crippen LogP contribution in [0.1, 0.15) is 66.9 Å². The van der Waals surface area contributed by atoms with Gasteiger partial charge in [-0.25, -0.2) is 4.79 Å². The highest BCUT2D eigenvalue weighted by molar-refractivity contribution is 6.04. The summed E-state index contributed by atoms with van der Waals surface area (Å²) in [5.74, 6) is -1.87. The summed E-state index contributed by atoms with van der Waals surface area (Å²) in [7, 11) is 0. The number of rotatable bonds is 7. The van der Waals surface area contributed by atoms with Crippen molar-refractivity contribution < 1.29 is 27.9 Å². The molecule has 1 amide bonds. The minimum atomic E-state index is -5.08. The van der Waals surface area contributed by atoms with Crippen LogP contribution in [0.15, 0.2) is 48.5 Å². The summed E-state index contributed by atoms with van der Waals surface area (Å²) in [4.78, 5) is 26.9. The monoisotopic (exact) mass is 547 g/mol. The van der Waals surface area contributed by atoms with E-state index < -0.39 is 12.1 Å². The Morgan fingerprint density at radius 3 is 2.18 bits per heavy atom. The first-order valence-electron chi connectivity index (χ1n) is 13.9. The Morgan fingerprint density at radius 1 is 0.897 bits per heavy atom. The maximum atomic E-state index is 12.8. The molecule has 9 heteroatoms. The molecule has 1 aliphatic heterocycles. The molecule has 1 saturated heterocycles. The first kappa shape index (κ1) is 30.6. The number of aliphatic carboxylic acids is 1. The van der Waals surface area contributed by atoms with E-state index in [-0.39, 0.29) is 5.91 Å². The van der Waals surface area contributed by atoms with Crippen molar-refractivity contribution in [3.8, 4) is 0 Å². The molecule has 2 aliphatic rings. The molecule has 0 unspecified atom stereocenters. The van der Waals surface area contributed by atoms with Crippen molar-refractivity contribution in [2.24, 2.45) is 5.92 Å². The highest BCUT2D eigenvalue weighted by atomic mass is 19.4. The van der Waals surface area contributed by atoms with E-state index in [0.29, 0.717) is 0 Å². The smallest absolute Gasteiger partial charge is 0.475 e. The van der Waals surface area contributed by atoms with Gasteiger partial charge in [-0.1, -0.05) is 50.5 Å². The Balaban J connectivity index is 0.000000532. The molecule has 214 valence electrons. The molecule has 0 spiro atoms. The van der Waals surface area contributed by atoms with E-state index in [1.165, 1.54) is 69.3 Å². The van der Waals surface area contributed by atoms with E-state index in [0.717, 1.165) is 43.2 Å². The highest BCUT2D eigenvalue weighted by Gasteiger charge is 2.38. The molecule has 1 heterocycles. The summed E-state index contributed by atoms with van der Waals surface area (Å²) in [6, 6.07) is 16.2. The lowest BCUT2D eigenvalue weighted by molar-refractivity contribution is -0.192. The third kappa shape index (κ3) is 10.6. The molecule has 6 nitrogen and oxygen atoms in total. The molecule has 0 atom stereocenters. The van der Waals surface area contributed by atoms with Crippen LogP contribution in [0.4, 0.5) is 18.9 Å². The van der Waals surface area contributed by atoms with Gasteiger partial charge in [0.2, 0.25) is 0 Å². The minimum Gasteiger partial charge on any atom is -0.475 e. The molecule has 2 aromatic carbocycles. The first-order valence-corrected chi connectivity index (χ1v) is 13.9. The van der Waals surface area contributed by atoms with E-state index in [9.17, 15) is 18.0 Å². The number of nitrogens with zero attached hydrogens (tertiary/aromatic N) is 2. The van der Waals surface area contributed by atoms with Crippen LogP contribution < -0.4 is 5.32 Å². The zero-order valence-corrected chi connectivity index (χ0v) is 22.7. The largest absolute Gasteiger partial charge is 0.490 e. The first-order chi connectivity index (χ1) is 18.6. The molecule has 0 aromatic heterocycles. The number of alkyl halides is 3. The van der Waals surface area contributed by atoms with Crippen LogP contribution in [0.3, 0.4) is 0 Å². The molecular weight excluding hydrogens is 507 g/mol. The third-order valence-electron chi connectivity index (χ3n) is 7.38. The van der Waals surface area contributed by atoms with Crippen molar-refractivity contribution in [2.45, 2.75) is 64.6 Å². The number of carboxylic acid groups (broad SMARTS) is 1. The van der Waals surface area contributed by atoms with Crippen molar-refractivity contribution >= 4 is 17.6 Å². The number of nitrogens with one attached hydrogen (secondary N) is 1. The van der Waals surface area contributed by atoms with Crippen molar-refractivity contribution in [1.29, 1.82) is 0 Å². The number of carbonyl (C=O) groups is 2. The van der Waals surface area contributed by atoms with Gasteiger partial charge < -0.3 is 15.3 Å². The molecule has 1 saturated carbocycles. The van der Waals surface area contributed by atoms with Gasteiger partial charge in [-0.15, -0.1) is 0 Å². The predicted octanol–water partition coefficient (Wildman–Crippen LogP) is 6.22. The third-order valence-corrected chi connectivity index (χ3v) is 7.38. The van der Waals surface area contributed by atoms with Gasteiger partial charge in [0.15, 0.2) is 0 Å². The van der Waals surface area contributed by atoms with Gasteiger partial charge in [-0.3, -0.25) is 9.69 Å². The molecule has 2 fully saturated rings. The Hall–Kier alpha value is -2.91. The topological polar surface area (TPSA) is 72.9 Å². The fraction of sp³-hybridized carbons (Fsp3) is 0.533. The molecule has 2 N–H and O–H groups in total. The van der Waals surface area contributed by atoms with E-state index in [1.54, 1.807) is 0 Å². The normalized spacial score (nSPS) is 17.5. The standard InChI is InChI=1S/C28H39N3O.C2HF3O2/c1-2-23-12-14-27(15-13-23)29-28(32)26-11-6-10-25(20-26)22-31-17-7-16-30(18-19-31)21-24-8-4-3-5-9-24;3-2(4,5)1(6)7/h6,10-15,20,24H,2-5,7-9,16-19,21-22H2,1H3,(H,29,32);(H,6,7). The lowest BCUT2D eigenvalue weighted by atomic mass is 9.89. The predicted molar refractivity (Wildman–Crippen MR) is 147 cm³/mol. The van der Waals surface area contributed by atoms with Gasteiger partial charge in [-0.05, 0) is 80.1 Å². The van der Waals surface area contributed by atoms with Gasteiger partial charge in [-0.2, -0.15) is 13.2 Å². The van der Waals surface area contributed by atoms with Crippen LogP contribution in [0.5, 0.6) is 0 Å². The van der Waals surface area contributed by atoms with Crippen molar-refractivity contribution in [2.75, 3.05) is 38.0 Å². The summed E-state index contributed by atoms with van der Waals surface area (Å²) < 4.78 is 31.7. The minimum absolute atomic E-state index is 0.0365. The Kier molecular flexibility index (Phi) is 11.8. The van der Waals surface area contributed by atoms with Crippen molar-refractivity contribution in [3.05, 3.63) is 65.2 Å². The quantitative estimate of drug-likeness (QED) is 0.431. The number of hydrogen-bond acceptors (Lipinski definition) is 4. The van der Waals surface area contributed by atoms with E-state index in [2.05, 4.69) is 46.3 Å². The molecular formula is C30H40F3N3O3. The molecule has 0 radical (unpaired) electrons. The number of carboxylic acids is 1. The average Bonchev–Trinajstić information content (AvgIpc) is 3.14. The van der Waals surface area contributed by atoms with Crippen LogP contribution in [-0.2, 0) is 17.8 Å². The maximum Gasteiger partial charge on any atom is 0.490 e. The second kappa shape index (κ2) is 15.0. The van der Waals surface area contributed by atoms with Gasteiger partial charge >= 0.3 is 12.1 Å². The number of amides is 1. The summed E-state index contributed by atoms with van der Waals surface area (Å²) in [5.41, 5.74) is 4.08.